The van der Waals surface area contributed by atoms with E-state index in [0.29, 0.717) is 5.56 Å². The number of Topliss-reactive ketones (excluding diaryl/α,β-unsaturated/α-hetero) is 1. The lowest BCUT2D eigenvalue weighted by molar-refractivity contribution is -0.132. The first-order valence-electron chi connectivity index (χ1n) is 7.32. The molecule has 0 bridgehead atoms. The van der Waals surface area contributed by atoms with Gasteiger partial charge >= 0.3 is 0 Å². The Labute approximate surface area is 147 Å². The Bertz CT molecular complexity index is 897. The van der Waals surface area contributed by atoms with Gasteiger partial charge in [0.15, 0.2) is 0 Å². The molecule has 1 aliphatic rings. The van der Waals surface area contributed by atoms with Gasteiger partial charge in [-0.2, -0.15) is 0 Å². The second kappa shape index (κ2) is 6.22. The molecule has 0 aliphatic carbocycles. The second-order valence-electron chi connectivity index (χ2n) is 5.59. The lowest BCUT2D eigenvalue weighted by Crippen LogP contribution is -2.33. The quantitative estimate of drug-likeness (QED) is 0.878. The second-order valence-corrected chi connectivity index (χ2v) is 6.02. The fraction of sp³-hybridized carbons (Fsp3) is 0.111. The molecule has 0 saturated heterocycles. The number of ether oxygens (including phenoxy) is 1. The van der Waals surface area contributed by atoms with Crippen molar-refractivity contribution in [2.24, 2.45) is 0 Å². The molecule has 5 nitrogen and oxygen atoms in total. The van der Waals surface area contributed by atoms with Crippen LogP contribution in [0.1, 0.15) is 22.8 Å². The highest BCUT2D eigenvalue weighted by atomic mass is 35.5. The van der Waals surface area contributed by atoms with Crippen LogP contribution in [0.15, 0.2) is 60.2 Å². The van der Waals surface area contributed by atoms with E-state index in [1.165, 1.54) is 19.1 Å². The molecular formula is C18H13ClFNO4. The summed E-state index contributed by atoms with van der Waals surface area (Å²) in [4.78, 5) is 24.6. The van der Waals surface area contributed by atoms with Gasteiger partial charge in [-0.25, -0.2) is 4.39 Å². The van der Waals surface area contributed by atoms with Crippen LogP contribution in [0.3, 0.4) is 0 Å². The monoisotopic (exact) mass is 361 g/mol. The minimum absolute atomic E-state index is 0.138. The molecule has 2 aromatic rings. The average Bonchev–Trinajstić information content (AvgIpc) is 2.82. The summed E-state index contributed by atoms with van der Waals surface area (Å²) in [6, 6.07) is 11.8. The first kappa shape index (κ1) is 17.0. The summed E-state index contributed by atoms with van der Waals surface area (Å²) < 4.78 is 19.6. The van der Waals surface area contributed by atoms with Gasteiger partial charge in [0.2, 0.25) is 17.2 Å². The van der Waals surface area contributed by atoms with Crippen molar-refractivity contribution in [3.63, 3.8) is 0 Å². The number of benzene rings is 2. The highest BCUT2D eigenvalue weighted by Crippen LogP contribution is 2.39. The molecule has 0 saturated carbocycles. The summed E-state index contributed by atoms with van der Waals surface area (Å²) in [7, 11) is 0. The van der Waals surface area contributed by atoms with Crippen molar-refractivity contribution in [1.29, 1.82) is 0 Å². The Kier molecular flexibility index (Phi) is 4.22. The third-order valence-corrected chi connectivity index (χ3v) is 4.11. The zero-order valence-corrected chi connectivity index (χ0v) is 13.8. The van der Waals surface area contributed by atoms with Crippen LogP contribution in [0.2, 0.25) is 5.02 Å². The molecule has 2 aromatic carbocycles. The van der Waals surface area contributed by atoms with E-state index in [4.69, 9.17) is 16.3 Å². The fourth-order valence-corrected chi connectivity index (χ4v) is 2.69. The maximum atomic E-state index is 14.1. The lowest BCUT2D eigenvalue weighted by Gasteiger charge is -2.24. The van der Waals surface area contributed by atoms with Crippen LogP contribution in [0.25, 0.3) is 0 Å². The Morgan fingerprint density at radius 1 is 1.24 bits per heavy atom. The third kappa shape index (κ3) is 2.96. The number of amides is 1. The molecular weight excluding hydrogens is 349 g/mol. The third-order valence-electron chi connectivity index (χ3n) is 3.88. The SMILES string of the molecule is CC1(c2cc(Cl)ccc2F)OC(NC(=O)c2ccccc2)=C(O)C1=O. The standard InChI is InChI=1S/C18H13ClFNO4/c1-18(12-9-11(19)7-8-13(12)20)15(23)14(22)17(25-18)21-16(24)10-5-3-2-4-6-10/h2-9,22H,1H3,(H,21,24). The minimum atomic E-state index is -1.83. The minimum Gasteiger partial charge on any atom is -0.501 e. The number of nitrogens with one attached hydrogen (secondary N) is 1. The largest absolute Gasteiger partial charge is 0.501 e. The zero-order chi connectivity index (χ0) is 18.2. The molecule has 25 heavy (non-hydrogen) atoms. The molecule has 0 aromatic heterocycles. The topological polar surface area (TPSA) is 75.6 Å². The maximum Gasteiger partial charge on any atom is 0.258 e. The molecule has 1 aliphatic heterocycles. The highest BCUT2D eigenvalue weighted by Gasteiger charge is 2.49. The van der Waals surface area contributed by atoms with Crippen LogP contribution in [-0.4, -0.2) is 16.8 Å². The average molecular weight is 362 g/mol. The van der Waals surface area contributed by atoms with Gasteiger partial charge in [0.05, 0.1) is 0 Å². The molecule has 128 valence electrons. The number of hydrogen-bond donors (Lipinski definition) is 2. The molecule has 0 fully saturated rings. The van der Waals surface area contributed by atoms with Crippen LogP contribution in [0, 0.1) is 5.82 Å². The van der Waals surface area contributed by atoms with Crippen molar-refractivity contribution < 1.29 is 23.8 Å². The number of carbonyl (C=O) groups excluding carboxylic acids is 2. The summed E-state index contributed by atoms with van der Waals surface area (Å²) in [5.74, 6) is -3.39. The smallest absolute Gasteiger partial charge is 0.258 e. The van der Waals surface area contributed by atoms with Crippen molar-refractivity contribution in [2.45, 2.75) is 12.5 Å². The van der Waals surface area contributed by atoms with E-state index in [-0.39, 0.29) is 10.6 Å². The number of carbonyl (C=O) groups is 2. The predicted molar refractivity (Wildman–Crippen MR) is 88.4 cm³/mol. The van der Waals surface area contributed by atoms with Crippen molar-refractivity contribution >= 4 is 23.3 Å². The van der Waals surface area contributed by atoms with E-state index in [0.717, 1.165) is 6.07 Å². The van der Waals surface area contributed by atoms with Gasteiger partial charge in [-0.05, 0) is 37.3 Å². The molecule has 1 heterocycles. The van der Waals surface area contributed by atoms with Crippen LogP contribution in [0.4, 0.5) is 4.39 Å². The number of aliphatic hydroxyl groups is 1. The molecule has 2 N–H and O–H groups in total. The Balaban J connectivity index is 1.90. The van der Waals surface area contributed by atoms with Crippen molar-refractivity contribution in [2.75, 3.05) is 0 Å². The number of rotatable bonds is 3. The van der Waals surface area contributed by atoms with Crippen LogP contribution < -0.4 is 5.32 Å². The molecule has 3 rings (SSSR count). The number of aliphatic hydroxyl groups excluding tert-OH is 1. The van der Waals surface area contributed by atoms with Gasteiger partial charge in [-0.3, -0.25) is 14.9 Å². The molecule has 1 atom stereocenters. The van der Waals surface area contributed by atoms with Crippen molar-refractivity contribution in [3.8, 4) is 0 Å². The molecule has 1 unspecified atom stereocenters. The van der Waals surface area contributed by atoms with E-state index in [1.54, 1.807) is 30.3 Å². The van der Waals surface area contributed by atoms with Gasteiger partial charge in [-0.15, -0.1) is 0 Å². The summed E-state index contributed by atoms with van der Waals surface area (Å²) >= 11 is 5.86. The first-order valence-corrected chi connectivity index (χ1v) is 7.69. The van der Waals surface area contributed by atoms with E-state index >= 15 is 0 Å². The van der Waals surface area contributed by atoms with Gasteiger partial charge < -0.3 is 9.84 Å². The molecule has 0 radical (unpaired) electrons. The first-order chi connectivity index (χ1) is 11.8. The van der Waals surface area contributed by atoms with Gasteiger partial charge in [0.25, 0.3) is 11.7 Å². The van der Waals surface area contributed by atoms with Gasteiger partial charge in [0.1, 0.15) is 5.82 Å². The van der Waals surface area contributed by atoms with E-state index in [2.05, 4.69) is 5.32 Å². The number of halogens is 2. The molecule has 1 amide bonds. The van der Waals surface area contributed by atoms with Crippen LogP contribution in [-0.2, 0) is 15.1 Å². The number of hydrogen-bond acceptors (Lipinski definition) is 4. The molecule has 7 heteroatoms. The van der Waals surface area contributed by atoms with Crippen molar-refractivity contribution in [3.05, 3.63) is 82.1 Å². The maximum absolute atomic E-state index is 14.1. The fourth-order valence-electron chi connectivity index (χ4n) is 2.52. The summed E-state index contributed by atoms with van der Waals surface area (Å²) in [5, 5.41) is 12.6. The van der Waals surface area contributed by atoms with E-state index in [9.17, 15) is 19.1 Å². The van der Waals surface area contributed by atoms with Crippen LogP contribution >= 0.6 is 11.6 Å². The lowest BCUT2D eigenvalue weighted by atomic mass is 9.91. The summed E-state index contributed by atoms with van der Waals surface area (Å²) in [6.45, 7) is 1.29. The van der Waals surface area contributed by atoms with E-state index < -0.39 is 34.8 Å². The normalized spacial score (nSPS) is 19.7. The predicted octanol–water partition coefficient (Wildman–Crippen LogP) is 3.45. The van der Waals surface area contributed by atoms with Gasteiger partial charge in [-0.1, -0.05) is 29.8 Å². The summed E-state index contributed by atoms with van der Waals surface area (Å²) in [5.41, 5.74) is -1.67. The zero-order valence-electron chi connectivity index (χ0n) is 13.0. The highest BCUT2D eigenvalue weighted by molar-refractivity contribution is 6.30. The van der Waals surface area contributed by atoms with Gasteiger partial charge in [0, 0.05) is 16.1 Å². The number of ketones is 1. The summed E-state index contributed by atoms with van der Waals surface area (Å²) in [6.07, 6.45) is 0. The molecule has 0 spiro atoms. The Morgan fingerprint density at radius 3 is 2.60 bits per heavy atom. The Morgan fingerprint density at radius 2 is 1.92 bits per heavy atom. The van der Waals surface area contributed by atoms with Crippen molar-refractivity contribution in [1.82, 2.24) is 5.32 Å². The van der Waals surface area contributed by atoms with E-state index in [1.807, 2.05) is 0 Å². The van der Waals surface area contributed by atoms with Crippen LogP contribution in [0.5, 0.6) is 0 Å². The Hall–Kier alpha value is -2.86.